The van der Waals surface area contributed by atoms with E-state index in [1.807, 2.05) is 18.2 Å². The quantitative estimate of drug-likeness (QED) is 0.384. The molecular weight excluding hydrogens is 505 g/mol. The third-order valence-corrected chi connectivity index (χ3v) is 7.76. The monoisotopic (exact) mass is 529 g/mol. The molecule has 192 valence electrons. The molecule has 1 unspecified atom stereocenters. The SMILES string of the molecule is O=C(C(O)c1cccc(-c2cc(F)cc(Cl)c2)c1)N1CCc2nc(C3(c4ccccc4)CC3)[nH]c(=O)c2C1. The highest BCUT2D eigenvalue weighted by Crippen LogP contribution is 2.52. The summed E-state index contributed by atoms with van der Waals surface area (Å²) in [4.78, 5) is 35.7. The zero-order chi connectivity index (χ0) is 26.4. The molecule has 1 aliphatic carbocycles. The Bertz CT molecular complexity index is 1580. The second-order valence-electron chi connectivity index (χ2n) is 9.98. The maximum absolute atomic E-state index is 13.8. The number of halogens is 2. The summed E-state index contributed by atoms with van der Waals surface area (Å²) in [5.41, 5.74) is 3.34. The van der Waals surface area contributed by atoms with Crippen molar-refractivity contribution in [2.24, 2.45) is 0 Å². The van der Waals surface area contributed by atoms with Crippen LogP contribution in [0.25, 0.3) is 11.1 Å². The van der Waals surface area contributed by atoms with Crippen LogP contribution in [0, 0.1) is 5.82 Å². The lowest BCUT2D eigenvalue weighted by atomic mass is 9.94. The molecule has 0 saturated heterocycles. The predicted molar refractivity (Wildman–Crippen MR) is 142 cm³/mol. The Hall–Kier alpha value is -3.81. The fourth-order valence-electron chi connectivity index (χ4n) is 5.31. The van der Waals surface area contributed by atoms with Crippen molar-refractivity contribution >= 4 is 17.5 Å². The maximum atomic E-state index is 13.8. The largest absolute Gasteiger partial charge is 0.378 e. The number of hydrogen-bond donors (Lipinski definition) is 2. The van der Waals surface area contributed by atoms with Gasteiger partial charge in [-0.3, -0.25) is 9.59 Å². The van der Waals surface area contributed by atoms with E-state index in [4.69, 9.17) is 16.6 Å². The van der Waals surface area contributed by atoms with Crippen LogP contribution in [0.3, 0.4) is 0 Å². The molecule has 4 aromatic rings. The molecule has 2 aliphatic rings. The summed E-state index contributed by atoms with van der Waals surface area (Å²) in [5, 5.41) is 11.2. The van der Waals surface area contributed by atoms with Crippen LogP contribution in [0.2, 0.25) is 5.02 Å². The van der Waals surface area contributed by atoms with E-state index in [9.17, 15) is 19.1 Å². The zero-order valence-corrected chi connectivity index (χ0v) is 21.2. The van der Waals surface area contributed by atoms with Crippen LogP contribution < -0.4 is 5.56 Å². The molecule has 8 heteroatoms. The van der Waals surface area contributed by atoms with Gasteiger partial charge in [-0.05, 0) is 59.4 Å². The first-order chi connectivity index (χ1) is 18.3. The van der Waals surface area contributed by atoms with Gasteiger partial charge in [-0.25, -0.2) is 9.37 Å². The van der Waals surface area contributed by atoms with Gasteiger partial charge in [0.15, 0.2) is 6.10 Å². The van der Waals surface area contributed by atoms with Gasteiger partial charge in [-0.15, -0.1) is 0 Å². The number of aromatic amines is 1. The highest BCUT2D eigenvalue weighted by Gasteiger charge is 2.48. The smallest absolute Gasteiger partial charge is 0.256 e. The van der Waals surface area contributed by atoms with Gasteiger partial charge in [-0.2, -0.15) is 0 Å². The van der Waals surface area contributed by atoms with Gasteiger partial charge in [0, 0.05) is 18.0 Å². The van der Waals surface area contributed by atoms with Gasteiger partial charge in [0.1, 0.15) is 11.6 Å². The number of benzene rings is 3. The van der Waals surface area contributed by atoms with Crippen LogP contribution >= 0.6 is 11.6 Å². The minimum atomic E-state index is -1.43. The number of nitrogens with one attached hydrogen (secondary N) is 1. The van der Waals surface area contributed by atoms with Gasteiger partial charge < -0.3 is 15.0 Å². The number of fused-ring (bicyclic) bond motifs is 1. The third-order valence-electron chi connectivity index (χ3n) is 7.54. The molecular formula is C30H25ClFN3O3. The van der Waals surface area contributed by atoms with Crippen molar-refractivity contribution in [1.82, 2.24) is 14.9 Å². The van der Waals surface area contributed by atoms with E-state index in [2.05, 4.69) is 17.1 Å². The number of aliphatic hydroxyl groups is 1. The van der Waals surface area contributed by atoms with Gasteiger partial charge >= 0.3 is 0 Å². The maximum Gasteiger partial charge on any atom is 0.256 e. The number of amides is 1. The van der Waals surface area contributed by atoms with Crippen molar-refractivity contribution in [3.63, 3.8) is 0 Å². The number of rotatable bonds is 5. The fourth-order valence-corrected chi connectivity index (χ4v) is 5.53. The van der Waals surface area contributed by atoms with Gasteiger partial charge in [0.2, 0.25) is 0 Å². The Morgan fingerprint density at radius 1 is 1.05 bits per heavy atom. The van der Waals surface area contributed by atoms with Crippen molar-refractivity contribution < 1.29 is 14.3 Å². The van der Waals surface area contributed by atoms with Gasteiger partial charge in [0.05, 0.1) is 23.2 Å². The highest BCUT2D eigenvalue weighted by atomic mass is 35.5. The summed E-state index contributed by atoms with van der Waals surface area (Å²) in [5.74, 6) is -0.294. The Morgan fingerprint density at radius 2 is 1.84 bits per heavy atom. The van der Waals surface area contributed by atoms with E-state index in [1.54, 1.807) is 30.3 Å². The molecule has 1 fully saturated rings. The molecule has 1 amide bonds. The summed E-state index contributed by atoms with van der Waals surface area (Å²) in [7, 11) is 0. The molecule has 2 N–H and O–H groups in total. The van der Waals surface area contributed by atoms with Crippen LogP contribution in [0.4, 0.5) is 4.39 Å². The zero-order valence-electron chi connectivity index (χ0n) is 20.5. The topological polar surface area (TPSA) is 86.3 Å². The summed E-state index contributed by atoms with van der Waals surface area (Å²) >= 11 is 5.99. The lowest BCUT2D eigenvalue weighted by Gasteiger charge is -2.30. The molecule has 6 nitrogen and oxygen atoms in total. The minimum Gasteiger partial charge on any atom is -0.378 e. The van der Waals surface area contributed by atoms with Crippen LogP contribution in [0.1, 0.15) is 47.2 Å². The van der Waals surface area contributed by atoms with E-state index >= 15 is 0 Å². The first kappa shape index (κ1) is 24.5. The number of H-pyrrole nitrogens is 1. The summed E-state index contributed by atoms with van der Waals surface area (Å²) in [6.07, 6.45) is 0.851. The summed E-state index contributed by atoms with van der Waals surface area (Å²) in [6, 6.07) is 21.0. The molecule has 1 atom stereocenters. The number of hydrogen-bond acceptors (Lipinski definition) is 4. The molecule has 0 spiro atoms. The average Bonchev–Trinajstić information content (AvgIpc) is 3.74. The summed E-state index contributed by atoms with van der Waals surface area (Å²) in [6.45, 7) is 0.418. The average molecular weight is 530 g/mol. The van der Waals surface area contributed by atoms with E-state index in [-0.39, 0.29) is 22.5 Å². The molecule has 0 bridgehead atoms. The molecule has 6 rings (SSSR count). The standard InChI is InChI=1S/C30H25ClFN3O3/c31-22-14-20(15-23(32)16-22)18-5-4-6-19(13-18)26(36)28(38)35-12-9-25-24(17-35)27(37)34-29(33-25)30(10-11-30)21-7-2-1-3-8-21/h1-8,13-16,26,36H,9-12,17H2,(H,33,34,37). The van der Waals surface area contributed by atoms with Crippen LogP contribution in [-0.2, 0) is 23.2 Å². The molecule has 2 heterocycles. The fraction of sp³-hybridized carbons (Fsp3) is 0.233. The molecule has 1 aromatic heterocycles. The third kappa shape index (κ3) is 4.42. The van der Waals surface area contributed by atoms with Crippen molar-refractivity contribution in [3.05, 3.63) is 122 Å². The van der Waals surface area contributed by atoms with Crippen molar-refractivity contribution in [1.29, 1.82) is 0 Å². The van der Waals surface area contributed by atoms with Crippen LogP contribution in [-0.4, -0.2) is 32.4 Å². The Labute approximate surface area is 223 Å². The number of carbonyl (C=O) groups excluding carboxylic acids is 1. The van der Waals surface area contributed by atoms with E-state index in [1.165, 1.54) is 17.0 Å². The van der Waals surface area contributed by atoms with Gasteiger partial charge in [-0.1, -0.05) is 60.1 Å². The van der Waals surface area contributed by atoms with Crippen molar-refractivity contribution in [3.8, 4) is 11.1 Å². The normalized spacial score (nSPS) is 16.6. The highest BCUT2D eigenvalue weighted by molar-refractivity contribution is 6.30. The number of carbonyl (C=O) groups is 1. The van der Waals surface area contributed by atoms with E-state index < -0.39 is 17.8 Å². The lowest BCUT2D eigenvalue weighted by Crippen LogP contribution is -2.42. The Kier molecular flexibility index (Phi) is 6.13. The predicted octanol–water partition coefficient (Wildman–Crippen LogP) is 4.93. The summed E-state index contributed by atoms with van der Waals surface area (Å²) < 4.78 is 13.8. The molecule has 1 saturated carbocycles. The number of aliphatic hydroxyl groups excluding tert-OH is 1. The number of nitrogens with zero attached hydrogens (tertiary/aromatic N) is 2. The Morgan fingerprint density at radius 3 is 2.58 bits per heavy atom. The van der Waals surface area contributed by atoms with Gasteiger partial charge in [0.25, 0.3) is 11.5 Å². The second-order valence-corrected chi connectivity index (χ2v) is 10.4. The van der Waals surface area contributed by atoms with Crippen LogP contribution in [0.15, 0.2) is 77.6 Å². The van der Waals surface area contributed by atoms with Crippen LogP contribution in [0.5, 0.6) is 0 Å². The van der Waals surface area contributed by atoms with Crippen molar-refractivity contribution in [2.45, 2.75) is 37.3 Å². The van der Waals surface area contributed by atoms with Crippen molar-refractivity contribution in [2.75, 3.05) is 6.54 Å². The Balaban J connectivity index is 1.23. The minimum absolute atomic E-state index is 0.0748. The first-order valence-corrected chi connectivity index (χ1v) is 12.9. The molecule has 0 radical (unpaired) electrons. The van der Waals surface area contributed by atoms with E-state index in [0.717, 1.165) is 18.4 Å². The lowest BCUT2D eigenvalue weighted by molar-refractivity contribution is -0.141. The first-order valence-electron chi connectivity index (χ1n) is 12.6. The molecule has 38 heavy (non-hydrogen) atoms. The second kappa shape index (κ2) is 9.49. The number of aromatic nitrogens is 2. The molecule has 1 aliphatic heterocycles. The molecule has 3 aromatic carbocycles. The van der Waals surface area contributed by atoms with E-state index in [0.29, 0.717) is 46.7 Å².